The number of carbonyl (C=O) groups is 3. The highest BCUT2D eigenvalue weighted by Gasteiger charge is 2.50. The Labute approximate surface area is 241 Å². The van der Waals surface area contributed by atoms with Crippen LogP contribution in [0.4, 0.5) is 26.3 Å². The van der Waals surface area contributed by atoms with E-state index < -0.39 is 83.2 Å². The number of carbonyl (C=O) groups excluding carboxylic acids is 2. The number of ketones is 1. The van der Waals surface area contributed by atoms with E-state index in [0.29, 0.717) is 13.8 Å². The zero-order chi connectivity index (χ0) is 31.5. The molecule has 0 bridgehead atoms. The van der Waals surface area contributed by atoms with Crippen molar-refractivity contribution in [3.05, 3.63) is 39.3 Å². The topological polar surface area (TPSA) is 123 Å². The third kappa shape index (κ3) is 8.34. The number of nitrogens with zero attached hydrogens (tertiary/aromatic N) is 2. The van der Waals surface area contributed by atoms with Gasteiger partial charge in [-0.3, -0.25) is 19.4 Å². The first-order chi connectivity index (χ1) is 18.7. The normalized spacial score (nSPS) is 20.6. The van der Waals surface area contributed by atoms with Crippen LogP contribution >= 0.6 is 23.2 Å². The van der Waals surface area contributed by atoms with Crippen molar-refractivity contribution in [2.24, 2.45) is 17.3 Å². The molecule has 3 N–H and O–H groups in total. The van der Waals surface area contributed by atoms with Gasteiger partial charge in [0.15, 0.2) is 5.78 Å². The highest BCUT2D eigenvalue weighted by molar-refractivity contribution is 6.39. The third-order valence-corrected chi connectivity index (χ3v) is 7.44. The minimum absolute atomic E-state index is 0.0112. The van der Waals surface area contributed by atoms with Gasteiger partial charge in [-0.25, -0.2) is 0 Å². The number of amides is 1. The summed E-state index contributed by atoms with van der Waals surface area (Å²) in [7, 11) is 0. The van der Waals surface area contributed by atoms with Crippen LogP contribution in [0.3, 0.4) is 0 Å². The Kier molecular flexibility index (Phi) is 10.9. The molecule has 1 saturated carbocycles. The highest BCUT2D eigenvalue weighted by atomic mass is 35.5. The van der Waals surface area contributed by atoms with Gasteiger partial charge in [-0.2, -0.15) is 26.3 Å². The van der Waals surface area contributed by atoms with Crippen LogP contribution in [0.25, 0.3) is 0 Å². The maximum Gasteiger partial charge on any atom is 0.431 e. The van der Waals surface area contributed by atoms with Gasteiger partial charge in [0.05, 0.1) is 39.1 Å². The number of aromatic nitrogens is 1. The average Bonchev–Trinajstić information content (AvgIpc) is 2.81. The number of halogens is 8. The van der Waals surface area contributed by atoms with Gasteiger partial charge in [-0.05, 0) is 39.0 Å². The lowest BCUT2D eigenvalue weighted by Gasteiger charge is -2.36. The van der Waals surface area contributed by atoms with Gasteiger partial charge in [-0.15, -0.1) is 0 Å². The Morgan fingerprint density at radius 3 is 2.12 bits per heavy atom. The first-order valence-electron chi connectivity index (χ1n) is 12.2. The zero-order valence-corrected chi connectivity index (χ0v) is 23.6. The fourth-order valence-electron chi connectivity index (χ4n) is 4.52. The molecule has 1 fully saturated rings. The van der Waals surface area contributed by atoms with E-state index in [0.717, 1.165) is 12.4 Å². The first-order valence-corrected chi connectivity index (χ1v) is 13.0. The molecule has 1 aromatic heterocycles. The molecule has 0 spiro atoms. The number of hydrogen-bond acceptors (Lipinski definition) is 6. The summed E-state index contributed by atoms with van der Waals surface area (Å²) in [5.74, 6) is -5.14. The number of hydrogen-bond donors (Lipinski definition) is 3. The highest BCUT2D eigenvalue weighted by Crippen LogP contribution is 2.39. The second-order valence-electron chi connectivity index (χ2n) is 10.5. The van der Waals surface area contributed by atoms with Crippen LogP contribution in [0, 0.1) is 22.7 Å². The number of alkyl halides is 6. The summed E-state index contributed by atoms with van der Waals surface area (Å²) in [6, 6.07) is -0.948. The molecule has 1 aliphatic carbocycles. The number of carboxylic acids is 1. The Hall–Kier alpha value is -2.87. The zero-order valence-electron chi connectivity index (χ0n) is 22.1. The minimum Gasteiger partial charge on any atom is -0.481 e. The van der Waals surface area contributed by atoms with Gasteiger partial charge < -0.3 is 20.7 Å². The average molecular weight is 633 g/mol. The number of nitrogens with one attached hydrogen (secondary N) is 2. The molecule has 16 heteroatoms. The molecular formula is C25H28Cl2F6N4O4. The van der Waals surface area contributed by atoms with Crippen LogP contribution in [0.5, 0.6) is 0 Å². The van der Waals surface area contributed by atoms with Crippen LogP contribution in [0.15, 0.2) is 23.7 Å². The van der Waals surface area contributed by atoms with Crippen molar-refractivity contribution < 1.29 is 45.8 Å². The number of aliphatic carboxylic acids is 1. The molecule has 0 radical (unpaired) electrons. The van der Waals surface area contributed by atoms with Gasteiger partial charge in [0.1, 0.15) is 5.70 Å². The lowest BCUT2D eigenvalue weighted by molar-refractivity contribution is -0.216. The van der Waals surface area contributed by atoms with E-state index in [1.54, 1.807) is 6.92 Å². The van der Waals surface area contributed by atoms with Crippen molar-refractivity contribution in [1.29, 1.82) is 5.41 Å². The van der Waals surface area contributed by atoms with Crippen molar-refractivity contribution >= 4 is 47.1 Å². The van der Waals surface area contributed by atoms with Gasteiger partial charge in [0.25, 0.3) is 5.91 Å². The second-order valence-corrected chi connectivity index (χ2v) is 11.3. The maximum absolute atomic E-state index is 14.2. The largest absolute Gasteiger partial charge is 0.481 e. The molecule has 1 aliphatic rings. The summed E-state index contributed by atoms with van der Waals surface area (Å²) in [5, 5.41) is 18.5. The Balaban J connectivity index is 2.56. The molecule has 1 aromatic rings. The Morgan fingerprint density at radius 2 is 1.68 bits per heavy atom. The lowest BCUT2D eigenvalue weighted by atomic mass is 9.78. The van der Waals surface area contributed by atoms with E-state index in [4.69, 9.17) is 28.6 Å². The summed E-state index contributed by atoms with van der Waals surface area (Å²) in [4.78, 5) is 41.8. The van der Waals surface area contributed by atoms with E-state index in [1.165, 1.54) is 0 Å². The van der Waals surface area contributed by atoms with Gasteiger partial charge >= 0.3 is 18.3 Å². The number of Topliss-reactive ketones (excluding diaryl/α,β-unsaturated/α-hetero) is 1. The van der Waals surface area contributed by atoms with Crippen LogP contribution in [-0.4, -0.2) is 70.3 Å². The predicted molar refractivity (Wildman–Crippen MR) is 138 cm³/mol. The van der Waals surface area contributed by atoms with E-state index in [1.807, 2.05) is 0 Å². The molecule has 0 aliphatic heterocycles. The number of rotatable bonds is 10. The molecule has 1 amide bonds. The summed E-state index contributed by atoms with van der Waals surface area (Å²) < 4.78 is 83.9. The first kappa shape index (κ1) is 34.3. The van der Waals surface area contributed by atoms with E-state index in [2.05, 4.69) is 10.3 Å². The molecule has 8 nitrogen and oxygen atoms in total. The summed E-state index contributed by atoms with van der Waals surface area (Å²) in [6.45, 7) is 0.552. The van der Waals surface area contributed by atoms with E-state index in [-0.39, 0.29) is 40.4 Å². The minimum atomic E-state index is -5.26. The number of allylic oxidation sites excluding steroid dienone is 1. The number of carboxylic acid groups (broad SMARTS) is 1. The van der Waals surface area contributed by atoms with Gasteiger partial charge in [-0.1, -0.05) is 30.1 Å². The molecule has 2 rings (SSSR count). The maximum atomic E-state index is 14.2. The van der Waals surface area contributed by atoms with Crippen LogP contribution in [0.1, 0.15) is 50.4 Å². The third-order valence-electron chi connectivity index (χ3n) is 6.87. The van der Waals surface area contributed by atoms with Crippen LogP contribution < -0.4 is 5.32 Å². The summed E-state index contributed by atoms with van der Waals surface area (Å²) in [6.07, 6.45) is -8.10. The standard InChI is InChI=1S/C25H28Cl2F6N4O4/c1-12-6-13(4-5-14(12)22(40)41)36-20(24(28,29)30)15(7-34)21(39)37(11-23(2,3)25(31,32)33)10-18(38)19-16(26)8-35-9-17(19)27/h7-9,12-14,34,36H,4-6,10-11H2,1-3H3,(H,40,41)/b20-15+,34-7?/t12-,13-,14-/m0/s1. The molecule has 41 heavy (non-hydrogen) atoms. The second kappa shape index (κ2) is 13.0. The Morgan fingerprint density at radius 1 is 1.12 bits per heavy atom. The molecule has 1 heterocycles. The molecular weight excluding hydrogens is 605 g/mol. The Bertz CT molecular complexity index is 1200. The molecule has 3 atom stereocenters. The van der Waals surface area contributed by atoms with E-state index >= 15 is 0 Å². The molecule has 0 saturated heterocycles. The summed E-state index contributed by atoms with van der Waals surface area (Å²) >= 11 is 11.9. The lowest BCUT2D eigenvalue weighted by Crippen LogP contribution is -2.49. The SMILES string of the molecule is C[C@H]1C[C@@H](N/C(=C(\C=N)C(=O)N(CC(=O)c2c(Cl)cncc2Cl)CC(C)(C)C(F)(F)F)C(F)(F)F)CC[C@@H]1C(=O)O. The van der Waals surface area contributed by atoms with Gasteiger partial charge in [0, 0.05) is 31.2 Å². The quantitative estimate of drug-likeness (QED) is 0.127. The van der Waals surface area contributed by atoms with Crippen molar-refractivity contribution in [2.75, 3.05) is 13.1 Å². The van der Waals surface area contributed by atoms with Crippen LogP contribution in [0.2, 0.25) is 10.0 Å². The molecule has 0 unspecified atom stereocenters. The smallest absolute Gasteiger partial charge is 0.431 e. The van der Waals surface area contributed by atoms with Crippen molar-refractivity contribution in [2.45, 2.75) is 58.4 Å². The summed E-state index contributed by atoms with van der Waals surface area (Å²) in [5.41, 5.74) is -6.10. The van der Waals surface area contributed by atoms with Crippen molar-refractivity contribution in [3.8, 4) is 0 Å². The van der Waals surface area contributed by atoms with Crippen LogP contribution in [-0.2, 0) is 9.59 Å². The molecule has 0 aromatic carbocycles. The number of pyridine rings is 1. The fraction of sp³-hybridized carbons (Fsp3) is 0.560. The fourth-order valence-corrected chi connectivity index (χ4v) is 5.09. The van der Waals surface area contributed by atoms with E-state index in [9.17, 15) is 45.8 Å². The monoisotopic (exact) mass is 632 g/mol. The van der Waals surface area contributed by atoms with Gasteiger partial charge in [0.2, 0.25) is 0 Å². The van der Waals surface area contributed by atoms with Crippen molar-refractivity contribution in [1.82, 2.24) is 15.2 Å². The molecule has 228 valence electrons. The van der Waals surface area contributed by atoms with Crippen molar-refractivity contribution in [3.63, 3.8) is 0 Å². The predicted octanol–water partition coefficient (Wildman–Crippen LogP) is 5.93.